The van der Waals surface area contributed by atoms with Crippen LogP contribution in [0.2, 0.25) is 0 Å². The summed E-state index contributed by atoms with van der Waals surface area (Å²) in [6.45, 7) is 0.308. The Kier molecular flexibility index (Phi) is 5.58. The van der Waals surface area contributed by atoms with E-state index in [-0.39, 0.29) is 5.91 Å². The Hall–Kier alpha value is -3.52. The summed E-state index contributed by atoms with van der Waals surface area (Å²) in [5.41, 5.74) is 1.66. The highest BCUT2D eigenvalue weighted by atomic mass is 32.1. The molecule has 0 bridgehead atoms. The third-order valence-corrected chi connectivity index (χ3v) is 5.79. The minimum atomic E-state index is -0.171. The molecule has 0 fully saturated rings. The number of pyridine rings is 1. The SMILES string of the molecule is COc1cc(CNC(=O)c2sc3ncccc3c2-n2cccc2)cc(OC)c1OC. The monoisotopic (exact) mass is 423 g/mol. The van der Waals surface area contributed by atoms with Crippen molar-refractivity contribution in [1.82, 2.24) is 14.9 Å². The van der Waals surface area contributed by atoms with Crippen LogP contribution < -0.4 is 19.5 Å². The average molecular weight is 423 g/mol. The van der Waals surface area contributed by atoms with E-state index >= 15 is 0 Å². The van der Waals surface area contributed by atoms with Crippen molar-refractivity contribution in [2.75, 3.05) is 21.3 Å². The lowest BCUT2D eigenvalue weighted by molar-refractivity contribution is 0.0955. The number of benzene rings is 1. The van der Waals surface area contributed by atoms with Crippen LogP contribution in [0.25, 0.3) is 15.9 Å². The lowest BCUT2D eigenvalue weighted by Gasteiger charge is -2.14. The van der Waals surface area contributed by atoms with Gasteiger partial charge in [-0.05, 0) is 42.0 Å². The lowest BCUT2D eigenvalue weighted by Crippen LogP contribution is -2.23. The number of nitrogens with one attached hydrogen (secondary N) is 1. The van der Waals surface area contributed by atoms with E-state index in [1.807, 2.05) is 53.4 Å². The van der Waals surface area contributed by atoms with Gasteiger partial charge in [-0.15, -0.1) is 11.3 Å². The number of hydrogen-bond donors (Lipinski definition) is 1. The quantitative estimate of drug-likeness (QED) is 0.486. The average Bonchev–Trinajstić information content (AvgIpc) is 3.44. The second-order valence-corrected chi connectivity index (χ2v) is 7.44. The van der Waals surface area contributed by atoms with Crippen LogP contribution in [-0.4, -0.2) is 36.8 Å². The number of aromatic nitrogens is 2. The van der Waals surface area contributed by atoms with Gasteiger partial charge >= 0.3 is 0 Å². The van der Waals surface area contributed by atoms with Crippen LogP contribution in [0.4, 0.5) is 0 Å². The van der Waals surface area contributed by atoms with Crippen molar-refractivity contribution >= 4 is 27.5 Å². The molecule has 0 unspecified atom stereocenters. The Morgan fingerprint density at radius 1 is 1.07 bits per heavy atom. The maximum atomic E-state index is 13.1. The molecular weight excluding hydrogens is 402 g/mol. The molecule has 7 nitrogen and oxygen atoms in total. The number of fused-ring (bicyclic) bond motifs is 1. The molecule has 0 atom stereocenters. The summed E-state index contributed by atoms with van der Waals surface area (Å²) in [6, 6.07) is 11.3. The van der Waals surface area contributed by atoms with E-state index in [4.69, 9.17) is 14.2 Å². The highest BCUT2D eigenvalue weighted by molar-refractivity contribution is 7.21. The van der Waals surface area contributed by atoms with Gasteiger partial charge in [0.2, 0.25) is 5.75 Å². The molecule has 0 saturated heterocycles. The molecule has 30 heavy (non-hydrogen) atoms. The smallest absolute Gasteiger partial charge is 0.263 e. The van der Waals surface area contributed by atoms with Crippen LogP contribution >= 0.6 is 11.3 Å². The predicted octanol–water partition coefficient (Wildman–Crippen LogP) is 4.04. The summed E-state index contributed by atoms with van der Waals surface area (Å²) < 4.78 is 18.1. The van der Waals surface area contributed by atoms with E-state index in [1.54, 1.807) is 27.5 Å². The molecule has 4 aromatic rings. The van der Waals surface area contributed by atoms with Crippen molar-refractivity contribution in [1.29, 1.82) is 0 Å². The van der Waals surface area contributed by atoms with Gasteiger partial charge in [-0.3, -0.25) is 4.79 Å². The predicted molar refractivity (Wildman–Crippen MR) is 116 cm³/mol. The van der Waals surface area contributed by atoms with E-state index in [9.17, 15) is 4.79 Å². The molecular formula is C22H21N3O4S. The highest BCUT2D eigenvalue weighted by Gasteiger charge is 2.20. The lowest BCUT2D eigenvalue weighted by atomic mass is 10.1. The maximum absolute atomic E-state index is 13.1. The van der Waals surface area contributed by atoms with Crippen LogP contribution in [0.1, 0.15) is 15.2 Å². The number of nitrogens with zero attached hydrogens (tertiary/aromatic N) is 2. The number of carbonyl (C=O) groups excluding carboxylic acids is 1. The van der Waals surface area contributed by atoms with E-state index in [1.165, 1.54) is 11.3 Å². The van der Waals surface area contributed by atoms with Crippen molar-refractivity contribution in [3.05, 3.63) is 65.4 Å². The largest absolute Gasteiger partial charge is 0.493 e. The molecule has 154 valence electrons. The number of methoxy groups -OCH3 is 3. The highest BCUT2D eigenvalue weighted by Crippen LogP contribution is 2.38. The standard InChI is InChI=1S/C22H21N3O4S/c1-27-16-11-14(12-17(28-2)19(16)29-3)13-24-21(26)20-18(25-9-4-5-10-25)15-7-6-8-23-22(15)30-20/h4-12H,13H2,1-3H3,(H,24,26). The van der Waals surface area contributed by atoms with E-state index in [0.29, 0.717) is 28.7 Å². The molecule has 1 N–H and O–H groups in total. The molecule has 0 saturated carbocycles. The fourth-order valence-corrected chi connectivity index (χ4v) is 4.37. The first-order valence-corrected chi connectivity index (χ1v) is 10.1. The van der Waals surface area contributed by atoms with Gasteiger partial charge in [0, 0.05) is 30.5 Å². The van der Waals surface area contributed by atoms with Gasteiger partial charge in [0.05, 0.1) is 27.0 Å². The van der Waals surface area contributed by atoms with Crippen LogP contribution in [0.3, 0.4) is 0 Å². The number of hydrogen-bond acceptors (Lipinski definition) is 6. The minimum Gasteiger partial charge on any atom is -0.493 e. The molecule has 0 aliphatic carbocycles. The van der Waals surface area contributed by atoms with Crippen molar-refractivity contribution in [3.8, 4) is 22.9 Å². The summed E-state index contributed by atoms with van der Waals surface area (Å²) >= 11 is 1.37. The van der Waals surface area contributed by atoms with Crippen molar-refractivity contribution in [2.24, 2.45) is 0 Å². The summed E-state index contributed by atoms with van der Waals surface area (Å²) in [4.78, 5) is 18.9. The number of thiophene rings is 1. The number of rotatable bonds is 7. The van der Waals surface area contributed by atoms with E-state index in [0.717, 1.165) is 21.5 Å². The van der Waals surface area contributed by atoms with Crippen LogP contribution in [0, 0.1) is 0 Å². The minimum absolute atomic E-state index is 0.171. The molecule has 0 spiro atoms. The normalized spacial score (nSPS) is 10.8. The van der Waals surface area contributed by atoms with Crippen LogP contribution in [0.15, 0.2) is 55.0 Å². The Labute approximate surface area is 177 Å². The topological polar surface area (TPSA) is 74.6 Å². The van der Waals surface area contributed by atoms with Crippen molar-refractivity contribution in [2.45, 2.75) is 6.54 Å². The van der Waals surface area contributed by atoms with Gasteiger partial charge in [-0.25, -0.2) is 4.98 Å². The first kappa shape index (κ1) is 19.8. The van der Waals surface area contributed by atoms with Gasteiger partial charge in [0.1, 0.15) is 9.71 Å². The second kappa shape index (κ2) is 8.46. The zero-order valence-electron chi connectivity index (χ0n) is 16.8. The number of carbonyl (C=O) groups is 1. The first-order valence-electron chi connectivity index (χ1n) is 9.24. The van der Waals surface area contributed by atoms with Crippen LogP contribution in [0.5, 0.6) is 17.2 Å². The first-order chi connectivity index (χ1) is 14.7. The van der Waals surface area contributed by atoms with Crippen LogP contribution in [-0.2, 0) is 6.54 Å². The fraction of sp³-hybridized carbons (Fsp3) is 0.182. The molecule has 3 heterocycles. The zero-order chi connectivity index (χ0) is 21.1. The molecule has 1 amide bonds. The van der Waals surface area contributed by atoms with Gasteiger partial charge < -0.3 is 24.1 Å². The molecule has 1 aromatic carbocycles. The van der Waals surface area contributed by atoms with Gasteiger partial charge in [-0.1, -0.05) is 0 Å². The fourth-order valence-electron chi connectivity index (χ4n) is 3.31. The molecule has 4 rings (SSSR count). The Bertz CT molecular complexity index is 1160. The van der Waals surface area contributed by atoms with Crippen molar-refractivity contribution < 1.29 is 19.0 Å². The maximum Gasteiger partial charge on any atom is 0.263 e. The number of amides is 1. The summed E-state index contributed by atoms with van der Waals surface area (Å²) in [6.07, 6.45) is 5.57. The Morgan fingerprint density at radius 3 is 2.40 bits per heavy atom. The molecule has 3 aromatic heterocycles. The molecule has 0 aliphatic rings. The molecule has 0 aliphatic heterocycles. The van der Waals surface area contributed by atoms with Gasteiger partial charge in [0.25, 0.3) is 5.91 Å². The second-order valence-electron chi connectivity index (χ2n) is 6.44. The Balaban J connectivity index is 1.64. The van der Waals surface area contributed by atoms with Gasteiger partial charge in [0.15, 0.2) is 11.5 Å². The Morgan fingerprint density at radius 2 is 1.77 bits per heavy atom. The third-order valence-electron chi connectivity index (χ3n) is 4.69. The summed E-state index contributed by atoms with van der Waals surface area (Å²) in [5, 5.41) is 3.94. The zero-order valence-corrected chi connectivity index (χ0v) is 17.7. The number of ether oxygens (including phenoxy) is 3. The summed E-state index contributed by atoms with van der Waals surface area (Å²) in [5.74, 6) is 1.43. The van der Waals surface area contributed by atoms with Gasteiger partial charge in [-0.2, -0.15) is 0 Å². The molecule has 0 radical (unpaired) electrons. The summed E-state index contributed by atoms with van der Waals surface area (Å²) in [7, 11) is 4.68. The molecule has 8 heteroatoms. The third kappa shape index (κ3) is 3.57. The van der Waals surface area contributed by atoms with Crippen molar-refractivity contribution in [3.63, 3.8) is 0 Å². The van der Waals surface area contributed by atoms with E-state index < -0.39 is 0 Å². The van der Waals surface area contributed by atoms with E-state index in [2.05, 4.69) is 10.3 Å².